The second kappa shape index (κ2) is 6.23. The summed E-state index contributed by atoms with van der Waals surface area (Å²) in [5.74, 6) is -0.916. The lowest BCUT2D eigenvalue weighted by atomic mass is 9.93. The van der Waals surface area contributed by atoms with Crippen molar-refractivity contribution in [3.05, 3.63) is 0 Å². The van der Waals surface area contributed by atoms with Gasteiger partial charge in [-0.05, 0) is 32.4 Å². The van der Waals surface area contributed by atoms with Crippen LogP contribution >= 0.6 is 0 Å². The van der Waals surface area contributed by atoms with E-state index in [2.05, 4.69) is 24.1 Å². The summed E-state index contributed by atoms with van der Waals surface area (Å²) in [5, 5.41) is 11.9. The molecule has 0 aromatic carbocycles. The zero-order chi connectivity index (χ0) is 14.6. The number of nitrogens with zero attached hydrogens (tertiary/aromatic N) is 2. The molecule has 1 aliphatic rings. The molecular weight excluding hydrogens is 246 g/mol. The fraction of sp³-hybridized carbons (Fsp3) is 0.846. The van der Waals surface area contributed by atoms with E-state index in [1.807, 2.05) is 14.1 Å². The topological polar surface area (TPSA) is 72.9 Å². The van der Waals surface area contributed by atoms with E-state index in [9.17, 15) is 9.59 Å². The molecule has 110 valence electrons. The number of carbonyl (C=O) groups is 2. The highest BCUT2D eigenvalue weighted by Crippen LogP contribution is 2.18. The first kappa shape index (κ1) is 15.8. The third kappa shape index (κ3) is 4.70. The number of hydrogen-bond donors (Lipinski definition) is 2. The predicted molar refractivity (Wildman–Crippen MR) is 73.1 cm³/mol. The normalized spacial score (nSPS) is 19.8. The molecule has 0 aliphatic carbocycles. The first-order chi connectivity index (χ1) is 8.73. The third-order valence-corrected chi connectivity index (χ3v) is 3.26. The monoisotopic (exact) mass is 271 g/mol. The molecule has 1 heterocycles. The fourth-order valence-corrected chi connectivity index (χ4v) is 2.59. The number of carboxylic acid groups (broad SMARTS) is 1. The van der Waals surface area contributed by atoms with E-state index < -0.39 is 12.0 Å². The Labute approximate surface area is 114 Å². The van der Waals surface area contributed by atoms with Crippen molar-refractivity contribution in [2.45, 2.75) is 32.7 Å². The molecule has 0 radical (unpaired) electrons. The summed E-state index contributed by atoms with van der Waals surface area (Å²) in [4.78, 5) is 26.6. The molecule has 0 unspecified atom stereocenters. The molecule has 0 aromatic rings. The summed E-state index contributed by atoms with van der Waals surface area (Å²) < 4.78 is 0. The van der Waals surface area contributed by atoms with Crippen LogP contribution in [0.1, 0.15) is 26.7 Å². The van der Waals surface area contributed by atoms with Gasteiger partial charge >= 0.3 is 12.0 Å². The Bertz CT molecular complexity index is 342. The molecule has 2 amide bonds. The highest BCUT2D eigenvalue weighted by molar-refractivity contribution is 5.83. The van der Waals surface area contributed by atoms with Crippen LogP contribution in [-0.4, -0.2) is 66.7 Å². The maximum absolute atomic E-state index is 12.0. The maximum atomic E-state index is 12.0. The smallest absolute Gasteiger partial charge is 0.326 e. The Hall–Kier alpha value is -1.30. The van der Waals surface area contributed by atoms with Crippen molar-refractivity contribution < 1.29 is 14.7 Å². The molecule has 1 atom stereocenters. The van der Waals surface area contributed by atoms with Crippen molar-refractivity contribution in [1.29, 1.82) is 0 Å². The Morgan fingerprint density at radius 3 is 2.58 bits per heavy atom. The number of hydrogen-bond acceptors (Lipinski definition) is 3. The number of carboxylic acids is 1. The van der Waals surface area contributed by atoms with Gasteiger partial charge in [-0.15, -0.1) is 0 Å². The second-order valence-electron chi connectivity index (χ2n) is 6.25. The van der Waals surface area contributed by atoms with Gasteiger partial charge in [0.1, 0.15) is 6.04 Å². The molecule has 1 rings (SSSR count). The molecule has 2 N–H and O–H groups in total. The molecular formula is C13H25N3O3. The summed E-state index contributed by atoms with van der Waals surface area (Å²) in [6.07, 6.45) is 1.30. The first-order valence-electron chi connectivity index (χ1n) is 6.65. The molecule has 1 saturated heterocycles. The van der Waals surface area contributed by atoms with Gasteiger partial charge in [0.2, 0.25) is 0 Å². The number of carbonyl (C=O) groups excluding carboxylic acids is 1. The van der Waals surface area contributed by atoms with Gasteiger partial charge in [-0.2, -0.15) is 0 Å². The average Bonchev–Trinajstić information content (AvgIpc) is 2.73. The molecule has 1 fully saturated rings. The number of rotatable bonds is 5. The lowest BCUT2D eigenvalue weighted by Crippen LogP contribution is -2.49. The Kier molecular flexibility index (Phi) is 5.17. The van der Waals surface area contributed by atoms with Crippen LogP contribution in [0, 0.1) is 5.41 Å². The third-order valence-electron chi connectivity index (χ3n) is 3.26. The van der Waals surface area contributed by atoms with Crippen LogP contribution in [0.2, 0.25) is 0 Å². The molecule has 19 heavy (non-hydrogen) atoms. The van der Waals surface area contributed by atoms with Gasteiger partial charge in [0, 0.05) is 19.6 Å². The minimum absolute atomic E-state index is 0.0440. The number of urea groups is 1. The van der Waals surface area contributed by atoms with Crippen LogP contribution in [0.4, 0.5) is 4.79 Å². The molecule has 0 aromatic heterocycles. The summed E-state index contributed by atoms with van der Waals surface area (Å²) in [6, 6.07) is -0.936. The number of amides is 2. The van der Waals surface area contributed by atoms with Crippen LogP contribution in [0.3, 0.4) is 0 Å². The van der Waals surface area contributed by atoms with E-state index in [-0.39, 0.29) is 11.4 Å². The Balaban J connectivity index is 2.49. The first-order valence-corrected chi connectivity index (χ1v) is 6.65. The average molecular weight is 271 g/mol. The van der Waals surface area contributed by atoms with Crippen molar-refractivity contribution >= 4 is 12.0 Å². The van der Waals surface area contributed by atoms with Gasteiger partial charge < -0.3 is 20.2 Å². The zero-order valence-electron chi connectivity index (χ0n) is 12.3. The van der Waals surface area contributed by atoms with Gasteiger partial charge in [-0.25, -0.2) is 9.59 Å². The molecule has 6 heteroatoms. The van der Waals surface area contributed by atoms with Crippen molar-refractivity contribution in [3.63, 3.8) is 0 Å². The summed E-state index contributed by atoms with van der Waals surface area (Å²) in [7, 11) is 3.98. The molecule has 1 aliphatic heterocycles. The minimum Gasteiger partial charge on any atom is -0.480 e. The van der Waals surface area contributed by atoms with E-state index in [1.54, 1.807) is 0 Å². The van der Waals surface area contributed by atoms with Crippen LogP contribution in [0.25, 0.3) is 0 Å². The molecule has 0 bridgehead atoms. The zero-order valence-corrected chi connectivity index (χ0v) is 12.3. The summed E-state index contributed by atoms with van der Waals surface area (Å²) in [5.41, 5.74) is -0.0440. The van der Waals surface area contributed by atoms with Crippen LogP contribution in [-0.2, 0) is 4.79 Å². The Morgan fingerprint density at radius 1 is 1.42 bits per heavy atom. The van der Waals surface area contributed by atoms with E-state index in [4.69, 9.17) is 5.11 Å². The molecule has 0 spiro atoms. The number of aliphatic carboxylic acids is 1. The van der Waals surface area contributed by atoms with Gasteiger partial charge in [0.25, 0.3) is 0 Å². The predicted octanol–water partition coefficient (Wildman–Crippen LogP) is 0.833. The van der Waals surface area contributed by atoms with Crippen LogP contribution in [0.5, 0.6) is 0 Å². The highest BCUT2D eigenvalue weighted by Gasteiger charge is 2.34. The Morgan fingerprint density at radius 2 is 2.05 bits per heavy atom. The van der Waals surface area contributed by atoms with Crippen molar-refractivity contribution in [2.24, 2.45) is 5.41 Å². The van der Waals surface area contributed by atoms with Crippen molar-refractivity contribution in [3.8, 4) is 0 Å². The van der Waals surface area contributed by atoms with Crippen molar-refractivity contribution in [2.75, 3.05) is 33.7 Å². The van der Waals surface area contributed by atoms with Crippen LogP contribution in [0.15, 0.2) is 0 Å². The SMILES string of the molecule is CN(C)CC(C)(C)CNC(=O)N1CCC[C@@H]1C(=O)O. The summed E-state index contributed by atoms with van der Waals surface area (Å²) >= 11 is 0. The lowest BCUT2D eigenvalue weighted by molar-refractivity contribution is -0.141. The van der Waals surface area contributed by atoms with Gasteiger partial charge in [-0.1, -0.05) is 13.8 Å². The lowest BCUT2D eigenvalue weighted by Gasteiger charge is -2.30. The standard InChI is InChI=1S/C13H25N3O3/c1-13(2,9-15(3)4)8-14-12(19)16-7-5-6-10(16)11(17)18/h10H,5-9H2,1-4H3,(H,14,19)(H,17,18)/t10-/m1/s1. The summed E-state index contributed by atoms with van der Waals surface area (Å²) in [6.45, 7) is 6.07. The van der Waals surface area contributed by atoms with Gasteiger partial charge in [-0.3, -0.25) is 0 Å². The van der Waals surface area contributed by atoms with Crippen molar-refractivity contribution in [1.82, 2.24) is 15.1 Å². The van der Waals surface area contributed by atoms with Gasteiger partial charge in [0.15, 0.2) is 0 Å². The number of likely N-dealkylation sites (tertiary alicyclic amines) is 1. The van der Waals surface area contributed by atoms with E-state index in [1.165, 1.54) is 4.90 Å². The number of nitrogens with one attached hydrogen (secondary N) is 1. The van der Waals surface area contributed by atoms with E-state index in [0.29, 0.717) is 19.5 Å². The van der Waals surface area contributed by atoms with Crippen LogP contribution < -0.4 is 5.32 Å². The molecule has 0 saturated carbocycles. The minimum atomic E-state index is -0.916. The fourth-order valence-electron chi connectivity index (χ4n) is 2.59. The molecule has 6 nitrogen and oxygen atoms in total. The highest BCUT2D eigenvalue weighted by atomic mass is 16.4. The second-order valence-corrected chi connectivity index (χ2v) is 6.25. The quantitative estimate of drug-likeness (QED) is 0.777. The van der Waals surface area contributed by atoms with E-state index >= 15 is 0 Å². The van der Waals surface area contributed by atoms with Gasteiger partial charge in [0.05, 0.1) is 0 Å². The van der Waals surface area contributed by atoms with E-state index in [0.717, 1.165) is 13.0 Å². The maximum Gasteiger partial charge on any atom is 0.326 e. The largest absolute Gasteiger partial charge is 0.480 e.